The van der Waals surface area contributed by atoms with Crippen LogP contribution in [0.3, 0.4) is 0 Å². The minimum absolute atomic E-state index is 0.00103. The lowest BCUT2D eigenvalue weighted by Gasteiger charge is -2.13. The van der Waals surface area contributed by atoms with Crippen molar-refractivity contribution in [1.82, 2.24) is 0 Å². The highest BCUT2D eigenvalue weighted by molar-refractivity contribution is 14.1. The molecule has 0 atom stereocenters. The number of benzene rings is 3. The summed E-state index contributed by atoms with van der Waals surface area (Å²) in [6.45, 7) is 2.33. The van der Waals surface area contributed by atoms with E-state index in [1.54, 1.807) is 24.3 Å². The van der Waals surface area contributed by atoms with Crippen LogP contribution in [0, 0.1) is 14.9 Å². The van der Waals surface area contributed by atoms with Gasteiger partial charge in [0.15, 0.2) is 0 Å². The molecule has 168 valence electrons. The standard InChI is InChI=1S/C25H18BrCl2IN2O2/c1-2-15-3-7-20(8-4-15)31-25(32)18(13-30)9-16-10-21(26)24(23(29)11-16)33-14-17-5-6-19(27)12-22(17)28/h3-12H,2,14H2,1H3,(H,31,32)/b18-9+. The Kier molecular flexibility index (Phi) is 9.21. The number of carbonyl (C=O) groups excluding carboxylic acids is 1. The first kappa shape index (κ1) is 25.6. The number of amides is 1. The normalized spacial score (nSPS) is 11.1. The summed E-state index contributed by atoms with van der Waals surface area (Å²) in [5, 5.41) is 13.4. The molecule has 3 rings (SSSR count). The van der Waals surface area contributed by atoms with Crippen molar-refractivity contribution in [2.24, 2.45) is 0 Å². The number of anilines is 1. The van der Waals surface area contributed by atoms with Crippen LogP contribution < -0.4 is 10.1 Å². The van der Waals surface area contributed by atoms with Crippen molar-refractivity contribution >= 4 is 79.4 Å². The lowest BCUT2D eigenvalue weighted by atomic mass is 10.1. The van der Waals surface area contributed by atoms with E-state index in [1.165, 1.54) is 5.56 Å². The van der Waals surface area contributed by atoms with E-state index < -0.39 is 5.91 Å². The van der Waals surface area contributed by atoms with Crippen molar-refractivity contribution < 1.29 is 9.53 Å². The molecule has 3 aromatic rings. The second kappa shape index (κ2) is 11.9. The molecule has 0 heterocycles. The first-order valence-electron chi connectivity index (χ1n) is 9.88. The molecule has 3 aromatic carbocycles. The minimum Gasteiger partial charge on any atom is -0.487 e. The zero-order valence-corrected chi connectivity index (χ0v) is 22.7. The molecule has 0 saturated carbocycles. The molecule has 1 amide bonds. The number of nitrogens with zero attached hydrogens (tertiary/aromatic N) is 1. The smallest absolute Gasteiger partial charge is 0.266 e. The predicted octanol–water partition coefficient (Wildman–Crippen LogP) is 8.05. The highest BCUT2D eigenvalue weighted by Crippen LogP contribution is 2.34. The van der Waals surface area contributed by atoms with E-state index in [1.807, 2.05) is 42.5 Å². The Balaban J connectivity index is 1.76. The quantitative estimate of drug-likeness (QED) is 0.159. The highest BCUT2D eigenvalue weighted by Gasteiger charge is 2.13. The van der Waals surface area contributed by atoms with Crippen LogP contribution in [0.5, 0.6) is 5.75 Å². The highest BCUT2D eigenvalue weighted by atomic mass is 127. The van der Waals surface area contributed by atoms with Crippen LogP contribution >= 0.6 is 61.7 Å². The molecule has 0 unspecified atom stereocenters. The number of hydrogen-bond donors (Lipinski definition) is 1. The number of rotatable bonds is 7. The van der Waals surface area contributed by atoms with Gasteiger partial charge in [-0.1, -0.05) is 48.3 Å². The van der Waals surface area contributed by atoms with E-state index in [4.69, 9.17) is 27.9 Å². The lowest BCUT2D eigenvalue weighted by molar-refractivity contribution is -0.112. The van der Waals surface area contributed by atoms with E-state index in [-0.39, 0.29) is 12.2 Å². The van der Waals surface area contributed by atoms with Crippen molar-refractivity contribution in [1.29, 1.82) is 5.26 Å². The van der Waals surface area contributed by atoms with Crippen LogP contribution in [0.4, 0.5) is 5.69 Å². The first-order valence-corrected chi connectivity index (χ1v) is 12.5. The second-order valence-corrected chi connectivity index (χ2v) is 9.87. The van der Waals surface area contributed by atoms with Gasteiger partial charge in [-0.2, -0.15) is 5.26 Å². The molecule has 33 heavy (non-hydrogen) atoms. The topological polar surface area (TPSA) is 62.1 Å². The minimum atomic E-state index is -0.467. The Morgan fingerprint density at radius 2 is 1.91 bits per heavy atom. The van der Waals surface area contributed by atoms with Gasteiger partial charge in [0.2, 0.25) is 0 Å². The maximum atomic E-state index is 12.6. The fourth-order valence-corrected chi connectivity index (χ4v) is 5.16. The van der Waals surface area contributed by atoms with Gasteiger partial charge in [-0.15, -0.1) is 0 Å². The molecule has 0 aliphatic heterocycles. The number of nitriles is 1. The van der Waals surface area contributed by atoms with Crippen LogP contribution in [0.2, 0.25) is 10.0 Å². The Bertz CT molecular complexity index is 1230. The maximum absolute atomic E-state index is 12.6. The van der Waals surface area contributed by atoms with Crippen LogP contribution in [0.1, 0.15) is 23.6 Å². The SMILES string of the molecule is CCc1ccc(NC(=O)/C(C#N)=C/c2cc(Br)c(OCc3ccc(Cl)cc3Cl)c(I)c2)cc1. The molecule has 0 saturated heterocycles. The Morgan fingerprint density at radius 3 is 2.52 bits per heavy atom. The molecule has 0 radical (unpaired) electrons. The van der Waals surface area contributed by atoms with E-state index in [2.05, 4.69) is 50.8 Å². The van der Waals surface area contributed by atoms with Crippen LogP contribution in [-0.2, 0) is 17.8 Å². The Morgan fingerprint density at radius 1 is 1.18 bits per heavy atom. The average molecular weight is 656 g/mol. The third-order valence-corrected chi connectivity index (χ3v) is 6.68. The van der Waals surface area contributed by atoms with Crippen LogP contribution in [0.15, 0.2) is 64.6 Å². The summed E-state index contributed by atoms with van der Waals surface area (Å²) in [4.78, 5) is 12.6. The van der Waals surface area contributed by atoms with Crippen LogP contribution in [-0.4, -0.2) is 5.91 Å². The van der Waals surface area contributed by atoms with Gasteiger partial charge in [0, 0.05) is 21.3 Å². The Hall–Kier alpha value is -2.05. The number of carbonyl (C=O) groups is 1. The molecule has 0 spiro atoms. The molecule has 0 aromatic heterocycles. The molecule has 8 heteroatoms. The summed E-state index contributed by atoms with van der Waals surface area (Å²) in [6.07, 6.45) is 2.46. The molecule has 4 nitrogen and oxygen atoms in total. The monoisotopic (exact) mass is 654 g/mol. The number of hydrogen-bond acceptors (Lipinski definition) is 3. The van der Waals surface area contributed by atoms with Crippen molar-refractivity contribution in [2.45, 2.75) is 20.0 Å². The van der Waals surface area contributed by atoms with Gasteiger partial charge < -0.3 is 10.1 Å². The largest absolute Gasteiger partial charge is 0.487 e. The van der Waals surface area contributed by atoms with Crippen LogP contribution in [0.25, 0.3) is 6.08 Å². The summed E-state index contributed by atoms with van der Waals surface area (Å²) in [5.74, 6) is 0.170. The van der Waals surface area contributed by atoms with Gasteiger partial charge in [-0.3, -0.25) is 4.79 Å². The second-order valence-electron chi connectivity index (χ2n) is 7.01. The molecule has 0 bridgehead atoms. The summed E-state index contributed by atoms with van der Waals surface area (Å²) in [6, 6.07) is 18.4. The fourth-order valence-electron chi connectivity index (χ4n) is 2.93. The van der Waals surface area contributed by atoms with Crippen molar-refractivity contribution in [3.05, 3.63) is 94.9 Å². The maximum Gasteiger partial charge on any atom is 0.266 e. The first-order chi connectivity index (χ1) is 15.8. The third-order valence-electron chi connectivity index (χ3n) is 4.70. The molecule has 1 N–H and O–H groups in total. The van der Waals surface area contributed by atoms with Gasteiger partial charge >= 0.3 is 0 Å². The van der Waals surface area contributed by atoms with Crippen molar-refractivity contribution in [3.63, 3.8) is 0 Å². The zero-order chi connectivity index (χ0) is 24.0. The van der Waals surface area contributed by atoms with Gasteiger partial charge in [0.25, 0.3) is 5.91 Å². The lowest BCUT2D eigenvalue weighted by Crippen LogP contribution is -2.13. The predicted molar refractivity (Wildman–Crippen MR) is 146 cm³/mol. The molecular formula is C25H18BrCl2IN2O2. The summed E-state index contributed by atoms with van der Waals surface area (Å²) < 4.78 is 7.46. The number of aryl methyl sites for hydroxylation is 1. The molecule has 0 aliphatic carbocycles. The number of halogens is 4. The van der Waals surface area contributed by atoms with Crippen molar-refractivity contribution in [3.8, 4) is 11.8 Å². The van der Waals surface area contributed by atoms with E-state index in [0.29, 0.717) is 31.5 Å². The van der Waals surface area contributed by atoms with E-state index >= 15 is 0 Å². The molecule has 0 aliphatic rings. The van der Waals surface area contributed by atoms with Gasteiger partial charge in [0.1, 0.15) is 24.0 Å². The molecule has 0 fully saturated rings. The fraction of sp³-hybridized carbons (Fsp3) is 0.120. The molecular weight excluding hydrogens is 638 g/mol. The third kappa shape index (κ3) is 6.97. The van der Waals surface area contributed by atoms with E-state index in [9.17, 15) is 10.1 Å². The summed E-state index contributed by atoms with van der Waals surface area (Å²) in [5.41, 5.74) is 3.31. The average Bonchev–Trinajstić information content (AvgIpc) is 2.78. The van der Waals surface area contributed by atoms with Gasteiger partial charge in [0.05, 0.1) is 8.04 Å². The van der Waals surface area contributed by atoms with Gasteiger partial charge in [-0.05, 0) is 98.5 Å². The summed E-state index contributed by atoms with van der Waals surface area (Å²) in [7, 11) is 0. The summed E-state index contributed by atoms with van der Waals surface area (Å²) >= 11 is 17.8. The van der Waals surface area contributed by atoms with Gasteiger partial charge in [-0.25, -0.2) is 0 Å². The zero-order valence-electron chi connectivity index (χ0n) is 17.5. The number of ether oxygens (including phenoxy) is 1. The van der Waals surface area contributed by atoms with Crippen molar-refractivity contribution in [2.75, 3.05) is 5.32 Å². The van der Waals surface area contributed by atoms with E-state index in [0.717, 1.165) is 15.6 Å². The Labute approximate surface area is 224 Å². The number of nitrogens with one attached hydrogen (secondary N) is 1.